The second-order valence-corrected chi connectivity index (χ2v) is 7.53. The van der Waals surface area contributed by atoms with Crippen molar-refractivity contribution in [3.63, 3.8) is 0 Å². The first kappa shape index (κ1) is 19.9. The van der Waals surface area contributed by atoms with E-state index in [2.05, 4.69) is 4.72 Å². The van der Waals surface area contributed by atoms with Gasteiger partial charge >= 0.3 is 0 Å². The van der Waals surface area contributed by atoms with E-state index in [9.17, 15) is 13.2 Å². The number of carbonyl (C=O) groups is 1. The van der Waals surface area contributed by atoms with E-state index in [1.807, 2.05) is 30.3 Å². The summed E-state index contributed by atoms with van der Waals surface area (Å²) in [6.07, 6.45) is 0.698. The van der Waals surface area contributed by atoms with Crippen LogP contribution in [0.3, 0.4) is 0 Å². The van der Waals surface area contributed by atoms with Crippen LogP contribution in [0, 0.1) is 0 Å². The second-order valence-electron chi connectivity index (χ2n) is 5.77. The Hall–Kier alpha value is -2.38. The highest BCUT2D eigenvalue weighted by atomic mass is 32.2. The molecule has 0 heterocycles. The van der Waals surface area contributed by atoms with Gasteiger partial charge in [-0.3, -0.25) is 4.79 Å². The molecule has 7 heteroatoms. The van der Waals surface area contributed by atoms with Gasteiger partial charge in [0.25, 0.3) is 5.91 Å². The van der Waals surface area contributed by atoms with Crippen LogP contribution in [-0.2, 0) is 10.0 Å². The summed E-state index contributed by atoms with van der Waals surface area (Å²) >= 11 is 0. The summed E-state index contributed by atoms with van der Waals surface area (Å²) in [5, 5.41) is 0. The van der Waals surface area contributed by atoms with Crippen molar-refractivity contribution >= 4 is 15.9 Å². The number of benzene rings is 2. The summed E-state index contributed by atoms with van der Waals surface area (Å²) in [6, 6.07) is 15.5. The summed E-state index contributed by atoms with van der Waals surface area (Å²) < 4.78 is 31.9. The van der Waals surface area contributed by atoms with Gasteiger partial charge in [-0.1, -0.05) is 25.1 Å². The van der Waals surface area contributed by atoms with Crippen molar-refractivity contribution in [2.45, 2.75) is 18.2 Å². The van der Waals surface area contributed by atoms with Crippen molar-refractivity contribution in [3.8, 4) is 5.75 Å². The van der Waals surface area contributed by atoms with Gasteiger partial charge in [-0.2, -0.15) is 0 Å². The lowest BCUT2D eigenvalue weighted by atomic mass is 10.2. The normalized spacial score (nSPS) is 11.2. The van der Waals surface area contributed by atoms with Crippen LogP contribution in [-0.4, -0.2) is 46.0 Å². The number of ether oxygens (including phenoxy) is 1. The van der Waals surface area contributed by atoms with Gasteiger partial charge in [-0.05, 0) is 42.8 Å². The third-order valence-corrected chi connectivity index (χ3v) is 5.30. The molecule has 0 spiro atoms. The molecule has 6 nitrogen and oxygen atoms in total. The minimum absolute atomic E-state index is 0.148. The molecule has 0 aromatic heterocycles. The number of rotatable bonds is 9. The van der Waals surface area contributed by atoms with E-state index in [4.69, 9.17) is 4.74 Å². The first-order valence-corrected chi connectivity index (χ1v) is 9.95. The lowest BCUT2D eigenvalue weighted by Gasteiger charge is -2.17. The molecule has 2 aromatic rings. The van der Waals surface area contributed by atoms with E-state index in [1.165, 1.54) is 24.3 Å². The van der Waals surface area contributed by atoms with Crippen LogP contribution in [0.25, 0.3) is 0 Å². The maximum Gasteiger partial charge on any atom is 0.253 e. The van der Waals surface area contributed by atoms with Crippen LogP contribution >= 0.6 is 0 Å². The van der Waals surface area contributed by atoms with E-state index in [0.717, 1.165) is 5.75 Å². The van der Waals surface area contributed by atoms with Gasteiger partial charge in [0.2, 0.25) is 10.0 Å². The number of para-hydroxylation sites is 1. The number of carbonyl (C=O) groups excluding carboxylic acids is 1. The zero-order valence-electron chi connectivity index (χ0n) is 15.0. The maximum absolute atomic E-state index is 12.4. The molecule has 0 fully saturated rings. The van der Waals surface area contributed by atoms with E-state index in [-0.39, 0.29) is 10.8 Å². The molecule has 0 radical (unpaired) electrons. The maximum atomic E-state index is 12.4. The smallest absolute Gasteiger partial charge is 0.253 e. The first-order valence-electron chi connectivity index (χ1n) is 8.47. The third kappa shape index (κ3) is 5.57. The average Bonchev–Trinajstić information content (AvgIpc) is 2.65. The highest BCUT2D eigenvalue weighted by molar-refractivity contribution is 7.89. The van der Waals surface area contributed by atoms with Crippen LogP contribution in [0.4, 0.5) is 0 Å². The number of hydrogen-bond donors (Lipinski definition) is 1. The molecular weight excluding hydrogens is 352 g/mol. The lowest BCUT2D eigenvalue weighted by molar-refractivity contribution is 0.0787. The molecule has 140 valence electrons. The Labute approximate surface area is 154 Å². The number of amides is 1. The fourth-order valence-electron chi connectivity index (χ4n) is 2.38. The van der Waals surface area contributed by atoms with Gasteiger partial charge in [0.05, 0.1) is 11.5 Å². The predicted molar refractivity (Wildman–Crippen MR) is 101 cm³/mol. The van der Waals surface area contributed by atoms with Gasteiger partial charge < -0.3 is 9.64 Å². The Bertz CT molecular complexity index is 805. The van der Waals surface area contributed by atoms with Gasteiger partial charge in [0.1, 0.15) is 5.75 Å². The van der Waals surface area contributed by atoms with Crippen molar-refractivity contribution in [1.82, 2.24) is 9.62 Å². The monoisotopic (exact) mass is 376 g/mol. The van der Waals surface area contributed by atoms with Gasteiger partial charge in [0, 0.05) is 25.7 Å². The molecular formula is C19H24N2O4S. The molecule has 0 aliphatic rings. The zero-order valence-corrected chi connectivity index (χ0v) is 15.8. The van der Waals surface area contributed by atoms with E-state index >= 15 is 0 Å². The Morgan fingerprint density at radius 2 is 1.73 bits per heavy atom. The largest absolute Gasteiger partial charge is 0.494 e. The summed E-state index contributed by atoms with van der Waals surface area (Å²) in [6.45, 7) is 3.09. The molecule has 2 aromatic carbocycles. The van der Waals surface area contributed by atoms with Crippen molar-refractivity contribution in [3.05, 3.63) is 60.2 Å². The Morgan fingerprint density at radius 3 is 2.35 bits per heavy atom. The number of sulfonamides is 1. The SMILES string of the molecule is CCNS(=O)(=O)c1ccc(C(=O)N(C)CCCOc2ccccc2)cc1. The molecule has 0 aliphatic carbocycles. The molecule has 0 bridgehead atoms. The first-order chi connectivity index (χ1) is 12.4. The second kappa shape index (κ2) is 9.35. The molecule has 1 amide bonds. The van der Waals surface area contributed by atoms with Crippen molar-refractivity contribution in [2.24, 2.45) is 0 Å². The topological polar surface area (TPSA) is 75.7 Å². The van der Waals surface area contributed by atoms with Gasteiger partial charge in [-0.25, -0.2) is 13.1 Å². The van der Waals surface area contributed by atoms with Crippen molar-refractivity contribution < 1.29 is 17.9 Å². The summed E-state index contributed by atoms with van der Waals surface area (Å²) in [5.41, 5.74) is 0.451. The molecule has 0 aliphatic heterocycles. The molecule has 26 heavy (non-hydrogen) atoms. The number of nitrogens with zero attached hydrogens (tertiary/aromatic N) is 1. The highest BCUT2D eigenvalue weighted by Gasteiger charge is 2.15. The zero-order chi connectivity index (χ0) is 19.0. The van der Waals surface area contributed by atoms with Gasteiger partial charge in [0.15, 0.2) is 0 Å². The van der Waals surface area contributed by atoms with Crippen molar-refractivity contribution in [1.29, 1.82) is 0 Å². The Balaban J connectivity index is 1.85. The number of hydrogen-bond acceptors (Lipinski definition) is 4. The lowest BCUT2D eigenvalue weighted by Crippen LogP contribution is -2.29. The minimum atomic E-state index is -3.51. The Morgan fingerprint density at radius 1 is 1.08 bits per heavy atom. The van der Waals surface area contributed by atoms with Crippen LogP contribution in [0.15, 0.2) is 59.5 Å². The summed E-state index contributed by atoms with van der Waals surface area (Å²) in [5.74, 6) is 0.649. The molecule has 0 atom stereocenters. The summed E-state index contributed by atoms with van der Waals surface area (Å²) in [7, 11) is -1.79. The molecule has 0 saturated heterocycles. The quantitative estimate of drug-likeness (QED) is 0.683. The van der Waals surface area contributed by atoms with E-state index in [0.29, 0.717) is 31.7 Å². The van der Waals surface area contributed by atoms with E-state index in [1.54, 1.807) is 18.9 Å². The molecule has 0 saturated carbocycles. The standard InChI is InChI=1S/C19H24N2O4S/c1-3-20-26(23,24)18-12-10-16(11-13-18)19(22)21(2)14-7-15-25-17-8-5-4-6-9-17/h4-6,8-13,20H,3,7,14-15H2,1-2H3. The third-order valence-electron chi connectivity index (χ3n) is 3.74. The van der Waals surface area contributed by atoms with E-state index < -0.39 is 10.0 Å². The predicted octanol–water partition coefficient (Wildman–Crippen LogP) is 2.53. The van der Waals surface area contributed by atoms with Crippen molar-refractivity contribution in [2.75, 3.05) is 26.7 Å². The van der Waals surface area contributed by atoms with Crippen LogP contribution < -0.4 is 9.46 Å². The van der Waals surface area contributed by atoms with Gasteiger partial charge in [-0.15, -0.1) is 0 Å². The molecule has 1 N–H and O–H groups in total. The molecule has 2 rings (SSSR count). The fourth-order valence-corrected chi connectivity index (χ4v) is 3.42. The fraction of sp³-hybridized carbons (Fsp3) is 0.316. The number of nitrogens with one attached hydrogen (secondary N) is 1. The molecule has 0 unspecified atom stereocenters. The van der Waals surface area contributed by atoms with Crippen LogP contribution in [0.2, 0.25) is 0 Å². The summed E-state index contributed by atoms with van der Waals surface area (Å²) in [4.78, 5) is 14.2. The highest BCUT2D eigenvalue weighted by Crippen LogP contribution is 2.12. The Kier molecular flexibility index (Phi) is 7.17. The van der Waals surface area contributed by atoms with Crippen LogP contribution in [0.5, 0.6) is 5.75 Å². The van der Waals surface area contributed by atoms with Crippen LogP contribution in [0.1, 0.15) is 23.7 Å². The minimum Gasteiger partial charge on any atom is -0.494 e. The average molecular weight is 376 g/mol.